The first-order chi connectivity index (χ1) is 19.9. The van der Waals surface area contributed by atoms with E-state index in [1.807, 2.05) is 79.4 Å². The largest absolute Gasteiger partial charge is 0.339 e. The molecule has 7 heteroatoms. The normalized spacial score (nSPS) is 15.0. The highest BCUT2D eigenvalue weighted by atomic mass is 19.3. The maximum atomic E-state index is 14.0. The van der Waals surface area contributed by atoms with E-state index in [9.17, 15) is 18.0 Å². The Bertz CT molecular complexity index is 1600. The lowest BCUT2D eigenvalue weighted by molar-refractivity contribution is 0.0709. The lowest BCUT2D eigenvalue weighted by Crippen LogP contribution is -2.38. The average molecular weight is 558 g/mol. The molecule has 4 aromatic rings. The molecule has 3 aromatic carbocycles. The zero-order chi connectivity index (χ0) is 28.9. The number of likely N-dealkylation sites (tertiary alicyclic amines) is 1. The van der Waals surface area contributed by atoms with Gasteiger partial charge in [0.05, 0.1) is 17.6 Å². The Kier molecular flexibility index (Phi) is 8.72. The molecule has 1 aliphatic rings. The van der Waals surface area contributed by atoms with E-state index in [1.165, 1.54) is 12.1 Å². The van der Waals surface area contributed by atoms with Crippen molar-refractivity contribution in [1.82, 2.24) is 14.5 Å². The lowest BCUT2D eigenvalue weighted by Gasteiger charge is -2.32. The molecule has 2 heterocycles. The van der Waals surface area contributed by atoms with Gasteiger partial charge in [0.2, 0.25) is 0 Å². The van der Waals surface area contributed by atoms with Crippen molar-refractivity contribution in [2.75, 3.05) is 13.1 Å². The van der Waals surface area contributed by atoms with E-state index < -0.39 is 6.43 Å². The van der Waals surface area contributed by atoms with Crippen molar-refractivity contribution in [2.45, 2.75) is 52.0 Å². The molecule has 0 bridgehead atoms. The number of amides is 1. The second kappa shape index (κ2) is 12.6. The van der Waals surface area contributed by atoms with Crippen molar-refractivity contribution in [3.63, 3.8) is 0 Å². The van der Waals surface area contributed by atoms with Crippen LogP contribution in [0.1, 0.15) is 71.9 Å². The maximum Gasteiger partial charge on any atom is 0.256 e. The number of nitrogens with zero attached hydrogens (tertiary/aromatic N) is 3. The van der Waals surface area contributed by atoms with Gasteiger partial charge < -0.3 is 9.47 Å². The number of alkyl halides is 2. The van der Waals surface area contributed by atoms with Crippen LogP contribution in [-0.4, -0.2) is 39.9 Å². The van der Waals surface area contributed by atoms with Crippen LogP contribution in [0, 0.1) is 5.82 Å². The number of hydrogen-bond acceptors (Lipinski definition) is 2. The fourth-order valence-electron chi connectivity index (χ4n) is 5.76. The molecule has 41 heavy (non-hydrogen) atoms. The number of para-hydroxylation sites is 2. The van der Waals surface area contributed by atoms with Gasteiger partial charge in [0, 0.05) is 24.6 Å². The smallest absolute Gasteiger partial charge is 0.256 e. The van der Waals surface area contributed by atoms with Crippen LogP contribution in [0.15, 0.2) is 78.9 Å². The summed E-state index contributed by atoms with van der Waals surface area (Å²) in [6.45, 7) is 4.62. The van der Waals surface area contributed by atoms with Crippen LogP contribution in [0.2, 0.25) is 0 Å². The molecule has 1 saturated heterocycles. The number of carbonyl (C=O) groups is 1. The standard InChI is InChI=1S/C34H34F3N3O/c1-3-8-24-20-26(14-15-29(24)28(9-4-2)25-10-7-11-27(35)21-25)34(41)39-18-16-23(17-19-39)33-38-30-12-5-6-13-31(30)40(33)22-32(36)37/h3,5-15,20-21,23,32H,4,16-19,22H2,1-2H3/b8-3+,28-9-. The third-order valence-corrected chi connectivity index (χ3v) is 7.63. The fourth-order valence-corrected chi connectivity index (χ4v) is 5.76. The number of piperidine rings is 1. The molecule has 0 saturated carbocycles. The molecule has 1 fully saturated rings. The van der Waals surface area contributed by atoms with Gasteiger partial charge in [-0.3, -0.25) is 4.79 Å². The zero-order valence-electron chi connectivity index (χ0n) is 23.4. The van der Waals surface area contributed by atoms with E-state index in [-0.39, 0.29) is 24.2 Å². The fraction of sp³-hybridized carbons (Fsp3) is 0.294. The molecule has 5 rings (SSSR count). The van der Waals surface area contributed by atoms with Gasteiger partial charge in [-0.15, -0.1) is 0 Å². The number of imidazole rings is 1. The molecule has 1 amide bonds. The number of benzene rings is 3. The van der Waals surface area contributed by atoms with Crippen LogP contribution in [0.4, 0.5) is 13.2 Å². The van der Waals surface area contributed by atoms with Gasteiger partial charge in [-0.1, -0.05) is 55.5 Å². The summed E-state index contributed by atoms with van der Waals surface area (Å²) in [5.41, 5.74) is 5.55. The summed E-state index contributed by atoms with van der Waals surface area (Å²) >= 11 is 0. The topological polar surface area (TPSA) is 38.1 Å². The van der Waals surface area contributed by atoms with Crippen molar-refractivity contribution < 1.29 is 18.0 Å². The highest BCUT2D eigenvalue weighted by molar-refractivity contribution is 5.96. The minimum Gasteiger partial charge on any atom is -0.339 e. The van der Waals surface area contributed by atoms with Crippen LogP contribution in [0.5, 0.6) is 0 Å². The molecule has 0 atom stereocenters. The van der Waals surface area contributed by atoms with Gasteiger partial charge in [-0.25, -0.2) is 18.2 Å². The van der Waals surface area contributed by atoms with Crippen LogP contribution in [-0.2, 0) is 6.54 Å². The Morgan fingerprint density at radius 1 is 1.02 bits per heavy atom. The lowest BCUT2D eigenvalue weighted by atomic mass is 9.91. The molecule has 0 aliphatic carbocycles. The molecule has 0 unspecified atom stereocenters. The summed E-state index contributed by atoms with van der Waals surface area (Å²) in [4.78, 5) is 20.1. The van der Waals surface area contributed by atoms with Crippen LogP contribution in [0.25, 0.3) is 22.7 Å². The van der Waals surface area contributed by atoms with Crippen molar-refractivity contribution >= 4 is 28.6 Å². The Hall–Kier alpha value is -4.13. The van der Waals surface area contributed by atoms with Crippen molar-refractivity contribution in [1.29, 1.82) is 0 Å². The Labute approximate surface area is 238 Å². The molecular formula is C34H34F3N3O. The molecule has 0 spiro atoms. The van der Waals surface area contributed by atoms with Gasteiger partial charge >= 0.3 is 0 Å². The van der Waals surface area contributed by atoms with E-state index in [0.717, 1.165) is 28.7 Å². The molecular weight excluding hydrogens is 523 g/mol. The minimum absolute atomic E-state index is 0.000770. The number of halogens is 3. The van der Waals surface area contributed by atoms with Crippen LogP contribution in [0.3, 0.4) is 0 Å². The van der Waals surface area contributed by atoms with Gasteiger partial charge in [0.15, 0.2) is 0 Å². The summed E-state index contributed by atoms with van der Waals surface area (Å²) in [7, 11) is 0. The molecule has 1 aromatic heterocycles. The second-order valence-corrected chi connectivity index (χ2v) is 10.4. The first-order valence-electron chi connectivity index (χ1n) is 14.1. The Balaban J connectivity index is 1.37. The summed E-state index contributed by atoms with van der Waals surface area (Å²) in [6, 6.07) is 19.6. The van der Waals surface area contributed by atoms with Crippen molar-refractivity contribution in [3.8, 4) is 0 Å². The van der Waals surface area contributed by atoms with E-state index in [0.29, 0.717) is 48.4 Å². The monoisotopic (exact) mass is 557 g/mol. The van der Waals surface area contributed by atoms with Crippen LogP contribution >= 0.6 is 0 Å². The predicted molar refractivity (Wildman–Crippen MR) is 159 cm³/mol. The van der Waals surface area contributed by atoms with Gasteiger partial charge in [-0.05, 0) is 84.8 Å². The highest BCUT2D eigenvalue weighted by Gasteiger charge is 2.29. The Morgan fingerprint density at radius 2 is 1.80 bits per heavy atom. The third kappa shape index (κ3) is 6.14. The quantitative estimate of drug-likeness (QED) is 0.218. The number of carbonyl (C=O) groups excluding carboxylic acids is 1. The molecule has 4 nitrogen and oxygen atoms in total. The number of hydrogen-bond donors (Lipinski definition) is 0. The van der Waals surface area contributed by atoms with Crippen molar-refractivity contribution in [2.24, 2.45) is 0 Å². The third-order valence-electron chi connectivity index (χ3n) is 7.63. The summed E-state index contributed by atoms with van der Waals surface area (Å²) < 4.78 is 42.5. The molecule has 212 valence electrons. The average Bonchev–Trinajstić information content (AvgIpc) is 3.33. The SMILES string of the molecule is C/C=C/c1cc(C(=O)N2CCC(c3nc4ccccc4n3CC(F)F)CC2)ccc1/C(=C\CC)c1cccc(F)c1. The van der Waals surface area contributed by atoms with E-state index in [4.69, 9.17) is 4.98 Å². The number of fused-ring (bicyclic) bond motifs is 1. The number of allylic oxidation sites excluding steroid dienone is 2. The van der Waals surface area contributed by atoms with Gasteiger partial charge in [0.25, 0.3) is 12.3 Å². The molecule has 0 radical (unpaired) electrons. The highest BCUT2D eigenvalue weighted by Crippen LogP contribution is 2.33. The van der Waals surface area contributed by atoms with Crippen molar-refractivity contribution in [3.05, 3.63) is 113 Å². The number of aromatic nitrogens is 2. The summed E-state index contributed by atoms with van der Waals surface area (Å²) in [5.74, 6) is 0.316. The van der Waals surface area contributed by atoms with Crippen LogP contribution < -0.4 is 0 Å². The maximum absolute atomic E-state index is 14.0. The first-order valence-corrected chi connectivity index (χ1v) is 14.1. The Morgan fingerprint density at radius 3 is 2.51 bits per heavy atom. The van der Waals surface area contributed by atoms with E-state index in [1.54, 1.807) is 10.6 Å². The predicted octanol–water partition coefficient (Wildman–Crippen LogP) is 8.34. The van der Waals surface area contributed by atoms with E-state index >= 15 is 0 Å². The molecule has 1 aliphatic heterocycles. The first kappa shape index (κ1) is 28.4. The minimum atomic E-state index is -2.48. The zero-order valence-corrected chi connectivity index (χ0v) is 23.4. The second-order valence-electron chi connectivity index (χ2n) is 10.4. The van der Waals surface area contributed by atoms with Gasteiger partial charge in [0.1, 0.15) is 11.6 Å². The molecule has 0 N–H and O–H groups in total. The number of rotatable bonds is 8. The summed E-state index contributed by atoms with van der Waals surface area (Å²) in [5, 5.41) is 0. The van der Waals surface area contributed by atoms with E-state index in [2.05, 4.69) is 6.08 Å². The van der Waals surface area contributed by atoms with Gasteiger partial charge in [-0.2, -0.15) is 0 Å². The summed E-state index contributed by atoms with van der Waals surface area (Å²) in [6.07, 6.45) is 5.58.